The van der Waals surface area contributed by atoms with E-state index < -0.39 is 22.0 Å². The predicted octanol–water partition coefficient (Wildman–Crippen LogP) is 1.50. The van der Waals surface area contributed by atoms with Gasteiger partial charge in [0.25, 0.3) is 0 Å². The first-order valence-corrected chi connectivity index (χ1v) is 8.76. The van der Waals surface area contributed by atoms with Gasteiger partial charge in [-0.1, -0.05) is 24.3 Å². The van der Waals surface area contributed by atoms with Gasteiger partial charge in [-0.3, -0.25) is 4.79 Å². The lowest BCUT2D eigenvalue weighted by Gasteiger charge is -2.17. The summed E-state index contributed by atoms with van der Waals surface area (Å²) in [5, 5.41) is 1.46. The number of rotatable bonds is 4. The van der Waals surface area contributed by atoms with Crippen LogP contribution in [0.15, 0.2) is 41.3 Å². The Hall–Kier alpha value is -2.12. The maximum atomic E-state index is 12.7. The molecule has 1 aliphatic rings. The van der Waals surface area contributed by atoms with E-state index in [0.29, 0.717) is 11.8 Å². The van der Waals surface area contributed by atoms with Crippen LogP contribution in [0, 0.1) is 0 Å². The molecule has 1 atom stereocenters. The van der Waals surface area contributed by atoms with Crippen molar-refractivity contribution < 1.29 is 17.9 Å². The molecule has 2 aromatic carbocycles. The average Bonchev–Trinajstić information content (AvgIpc) is 2.90. The number of nitrogens with zero attached hydrogens (tertiary/aromatic N) is 1. The first-order valence-electron chi connectivity index (χ1n) is 7.28. The van der Waals surface area contributed by atoms with E-state index in [9.17, 15) is 13.2 Å². The van der Waals surface area contributed by atoms with Crippen molar-refractivity contribution in [3.8, 4) is 0 Å². The monoisotopic (exact) mass is 334 g/mol. The van der Waals surface area contributed by atoms with Crippen molar-refractivity contribution in [2.45, 2.75) is 17.4 Å². The zero-order valence-electron chi connectivity index (χ0n) is 12.9. The van der Waals surface area contributed by atoms with E-state index in [2.05, 4.69) is 4.72 Å². The van der Waals surface area contributed by atoms with Crippen LogP contribution in [0.2, 0.25) is 0 Å². The maximum Gasteiger partial charge on any atom is 0.324 e. The van der Waals surface area contributed by atoms with Crippen molar-refractivity contribution in [1.29, 1.82) is 0 Å². The van der Waals surface area contributed by atoms with Crippen molar-refractivity contribution in [2.24, 2.45) is 0 Å². The van der Waals surface area contributed by atoms with Crippen LogP contribution >= 0.6 is 0 Å². The maximum absolute atomic E-state index is 12.7. The van der Waals surface area contributed by atoms with Crippen LogP contribution in [-0.2, 0) is 19.6 Å². The molecule has 122 valence electrons. The SMILES string of the molecule is CN(C)c1cccc2c(S(=O)(=O)NC3CCOC3=O)cccc12. The number of hydrogen-bond donors (Lipinski definition) is 1. The molecule has 23 heavy (non-hydrogen) atoms. The average molecular weight is 334 g/mol. The summed E-state index contributed by atoms with van der Waals surface area (Å²) in [6.45, 7) is 0.242. The standard InChI is InChI=1S/C16H18N2O4S/c1-18(2)14-7-3-6-12-11(14)5-4-8-15(12)23(20,21)17-13-9-10-22-16(13)19/h3-8,13,17H,9-10H2,1-2H3. The van der Waals surface area contributed by atoms with Gasteiger partial charge in [-0.2, -0.15) is 4.72 Å². The summed E-state index contributed by atoms with van der Waals surface area (Å²) >= 11 is 0. The number of fused-ring (bicyclic) bond motifs is 1. The molecule has 0 aromatic heterocycles. The Morgan fingerprint density at radius 2 is 1.83 bits per heavy atom. The zero-order chi connectivity index (χ0) is 16.6. The van der Waals surface area contributed by atoms with Gasteiger partial charge < -0.3 is 9.64 Å². The first-order chi connectivity index (χ1) is 10.9. The molecule has 1 saturated heterocycles. The Morgan fingerprint density at radius 3 is 2.48 bits per heavy atom. The molecule has 1 N–H and O–H groups in total. The van der Waals surface area contributed by atoms with E-state index in [1.807, 2.05) is 37.2 Å². The van der Waals surface area contributed by atoms with Crippen molar-refractivity contribution >= 4 is 32.5 Å². The van der Waals surface area contributed by atoms with E-state index in [1.165, 1.54) is 0 Å². The van der Waals surface area contributed by atoms with Gasteiger partial charge in [0, 0.05) is 37.0 Å². The van der Waals surface area contributed by atoms with Crippen LogP contribution in [0.25, 0.3) is 10.8 Å². The fourth-order valence-electron chi connectivity index (χ4n) is 2.74. The van der Waals surface area contributed by atoms with E-state index in [-0.39, 0.29) is 11.5 Å². The Morgan fingerprint density at radius 1 is 1.13 bits per heavy atom. The quantitative estimate of drug-likeness (QED) is 0.858. The molecule has 2 aromatic rings. The van der Waals surface area contributed by atoms with Crippen LogP contribution < -0.4 is 9.62 Å². The summed E-state index contributed by atoms with van der Waals surface area (Å²) < 4.78 is 32.7. The molecule has 6 nitrogen and oxygen atoms in total. The third-order valence-electron chi connectivity index (χ3n) is 3.86. The Labute approximate surface area is 135 Å². The molecule has 1 aliphatic heterocycles. The van der Waals surface area contributed by atoms with Crippen molar-refractivity contribution in [1.82, 2.24) is 4.72 Å². The van der Waals surface area contributed by atoms with Crippen LogP contribution in [0.3, 0.4) is 0 Å². The molecular weight excluding hydrogens is 316 g/mol. The molecule has 0 radical (unpaired) electrons. The lowest BCUT2D eigenvalue weighted by molar-refractivity contribution is -0.139. The van der Waals surface area contributed by atoms with E-state index in [0.717, 1.165) is 11.1 Å². The molecule has 0 aliphatic carbocycles. The Balaban J connectivity index is 2.09. The molecule has 7 heteroatoms. The lowest BCUT2D eigenvalue weighted by Crippen LogP contribution is -2.37. The highest BCUT2D eigenvalue weighted by molar-refractivity contribution is 7.89. The summed E-state index contributed by atoms with van der Waals surface area (Å²) in [6.07, 6.45) is 0.353. The fraction of sp³-hybridized carbons (Fsp3) is 0.312. The minimum absolute atomic E-state index is 0.165. The number of cyclic esters (lactones) is 1. The number of benzene rings is 2. The fourth-order valence-corrected chi connectivity index (χ4v) is 4.18. The van der Waals surface area contributed by atoms with E-state index >= 15 is 0 Å². The molecule has 1 unspecified atom stereocenters. The first kappa shape index (κ1) is 15.8. The highest BCUT2D eigenvalue weighted by Gasteiger charge is 2.32. The Bertz CT molecular complexity index is 862. The van der Waals surface area contributed by atoms with Gasteiger partial charge in [-0.25, -0.2) is 8.42 Å². The van der Waals surface area contributed by atoms with Crippen LogP contribution in [0.4, 0.5) is 5.69 Å². The third kappa shape index (κ3) is 2.89. The number of esters is 1. The largest absolute Gasteiger partial charge is 0.464 e. The second-order valence-corrected chi connectivity index (χ2v) is 7.34. The second-order valence-electron chi connectivity index (χ2n) is 5.65. The van der Waals surface area contributed by atoms with Crippen molar-refractivity contribution in [3.05, 3.63) is 36.4 Å². The minimum Gasteiger partial charge on any atom is -0.464 e. The minimum atomic E-state index is -3.82. The van der Waals surface area contributed by atoms with Gasteiger partial charge in [0.05, 0.1) is 11.5 Å². The van der Waals surface area contributed by atoms with Crippen LogP contribution in [0.1, 0.15) is 6.42 Å². The van der Waals surface area contributed by atoms with Crippen molar-refractivity contribution in [3.63, 3.8) is 0 Å². The summed E-state index contributed by atoms with van der Waals surface area (Å²) in [6, 6.07) is 9.84. The molecular formula is C16H18N2O4S. The molecule has 0 saturated carbocycles. The van der Waals surface area contributed by atoms with Gasteiger partial charge in [-0.15, -0.1) is 0 Å². The van der Waals surface area contributed by atoms with E-state index in [1.54, 1.807) is 18.2 Å². The summed E-state index contributed by atoms with van der Waals surface area (Å²) in [5.74, 6) is -0.525. The van der Waals surface area contributed by atoms with E-state index in [4.69, 9.17) is 4.74 Å². The highest BCUT2D eigenvalue weighted by atomic mass is 32.2. The number of carbonyl (C=O) groups is 1. The third-order valence-corrected chi connectivity index (χ3v) is 5.39. The van der Waals surface area contributed by atoms with Gasteiger partial charge in [-0.05, 0) is 12.1 Å². The van der Waals surface area contributed by atoms with Gasteiger partial charge >= 0.3 is 5.97 Å². The number of carbonyl (C=O) groups excluding carboxylic acids is 1. The molecule has 3 rings (SSSR count). The van der Waals surface area contributed by atoms with Crippen LogP contribution in [-0.4, -0.2) is 41.1 Å². The molecule has 1 fully saturated rings. The van der Waals surface area contributed by atoms with Crippen molar-refractivity contribution in [2.75, 3.05) is 25.6 Å². The molecule has 1 heterocycles. The van der Waals surface area contributed by atoms with Crippen LogP contribution in [0.5, 0.6) is 0 Å². The molecule has 0 bridgehead atoms. The lowest BCUT2D eigenvalue weighted by atomic mass is 10.1. The second kappa shape index (κ2) is 5.82. The summed E-state index contributed by atoms with van der Waals surface area (Å²) in [4.78, 5) is 13.6. The predicted molar refractivity (Wildman–Crippen MR) is 88.0 cm³/mol. The smallest absolute Gasteiger partial charge is 0.324 e. The van der Waals surface area contributed by atoms with Gasteiger partial charge in [0.1, 0.15) is 6.04 Å². The zero-order valence-corrected chi connectivity index (χ0v) is 13.8. The summed E-state index contributed by atoms with van der Waals surface area (Å²) in [7, 11) is -0.00406. The number of ether oxygens (including phenoxy) is 1. The Kier molecular flexibility index (Phi) is 3.99. The number of anilines is 1. The topological polar surface area (TPSA) is 75.7 Å². The van der Waals surface area contributed by atoms with Gasteiger partial charge in [0.2, 0.25) is 10.0 Å². The molecule has 0 amide bonds. The normalized spacial score (nSPS) is 18.2. The number of sulfonamides is 1. The number of nitrogens with one attached hydrogen (secondary N) is 1. The summed E-state index contributed by atoms with van der Waals surface area (Å²) in [5.41, 5.74) is 0.930. The number of hydrogen-bond acceptors (Lipinski definition) is 5. The highest BCUT2D eigenvalue weighted by Crippen LogP contribution is 2.30. The van der Waals surface area contributed by atoms with Gasteiger partial charge in [0.15, 0.2) is 0 Å². The molecule has 0 spiro atoms.